The van der Waals surface area contributed by atoms with E-state index >= 15 is 0 Å². The van der Waals surface area contributed by atoms with Gasteiger partial charge in [0.2, 0.25) is 6.61 Å². The van der Waals surface area contributed by atoms with E-state index in [9.17, 15) is 4.79 Å². The van der Waals surface area contributed by atoms with E-state index in [1.807, 2.05) is 31.2 Å². The van der Waals surface area contributed by atoms with Gasteiger partial charge in [0.05, 0.1) is 6.61 Å². The highest BCUT2D eigenvalue weighted by atomic mass is 16.7. The number of nitrogens with zero attached hydrogens (tertiary/aromatic N) is 1. The summed E-state index contributed by atoms with van der Waals surface area (Å²) in [5, 5.41) is 3.64. The Morgan fingerprint density at radius 2 is 2.00 bits per heavy atom. The van der Waals surface area contributed by atoms with E-state index in [1.165, 1.54) is 0 Å². The minimum atomic E-state index is -0.465. The molecule has 2 N–H and O–H groups in total. The van der Waals surface area contributed by atoms with Gasteiger partial charge in [0.25, 0.3) is 0 Å². The van der Waals surface area contributed by atoms with Crippen molar-refractivity contribution in [1.82, 2.24) is 0 Å². The Morgan fingerprint density at radius 3 is 2.59 bits per heavy atom. The summed E-state index contributed by atoms with van der Waals surface area (Å²) in [7, 11) is 0. The zero-order chi connectivity index (χ0) is 12.7. The molecule has 0 fully saturated rings. The zero-order valence-electron chi connectivity index (χ0n) is 9.97. The molecule has 1 rings (SSSR count). The molecule has 0 bridgehead atoms. The molecule has 0 saturated carbocycles. The maximum atomic E-state index is 10.9. The van der Waals surface area contributed by atoms with Gasteiger partial charge in [-0.1, -0.05) is 35.0 Å². The first kappa shape index (κ1) is 13.0. The third-order valence-electron chi connectivity index (χ3n) is 2.00. The lowest BCUT2D eigenvalue weighted by atomic mass is 10.1. The number of benzene rings is 1. The highest BCUT2D eigenvalue weighted by Gasteiger charge is 2.02. The van der Waals surface area contributed by atoms with Gasteiger partial charge >= 0.3 is 5.97 Å². The molecule has 1 aromatic rings. The van der Waals surface area contributed by atoms with Crippen LogP contribution >= 0.6 is 0 Å². The van der Waals surface area contributed by atoms with Gasteiger partial charge in [-0.05, 0) is 13.8 Å². The standard InChI is InChI=1S/C12H16N2O3/c1-3-16-11(15)8-17-14-12(13)10-6-4-9(2)5-7-10/h4-7H,3,8H2,1-2H3,(H2,13,14). The minimum Gasteiger partial charge on any atom is -0.463 e. The summed E-state index contributed by atoms with van der Waals surface area (Å²) in [5.74, 6) is -0.234. The first-order valence-corrected chi connectivity index (χ1v) is 5.31. The number of ether oxygens (including phenoxy) is 1. The van der Waals surface area contributed by atoms with E-state index in [1.54, 1.807) is 6.92 Å². The molecule has 0 aromatic heterocycles. The topological polar surface area (TPSA) is 73.9 Å². The van der Waals surface area contributed by atoms with Crippen molar-refractivity contribution >= 4 is 11.8 Å². The molecule has 5 nitrogen and oxygen atoms in total. The van der Waals surface area contributed by atoms with Crippen LogP contribution in [0.15, 0.2) is 29.4 Å². The lowest BCUT2D eigenvalue weighted by Gasteiger charge is -2.02. The Hall–Kier alpha value is -2.04. The number of carbonyl (C=O) groups excluding carboxylic acids is 1. The normalized spacial score (nSPS) is 11.1. The van der Waals surface area contributed by atoms with Crippen LogP contribution in [0.2, 0.25) is 0 Å². The van der Waals surface area contributed by atoms with Crippen molar-refractivity contribution in [1.29, 1.82) is 0 Å². The first-order chi connectivity index (χ1) is 8.13. The van der Waals surface area contributed by atoms with Crippen LogP contribution in [0.1, 0.15) is 18.1 Å². The third kappa shape index (κ3) is 4.55. The highest BCUT2D eigenvalue weighted by molar-refractivity contribution is 5.97. The fourth-order valence-corrected chi connectivity index (χ4v) is 1.13. The second-order valence-corrected chi connectivity index (χ2v) is 3.42. The Balaban J connectivity index is 2.49. The summed E-state index contributed by atoms with van der Waals surface area (Å²) >= 11 is 0. The Morgan fingerprint density at radius 1 is 1.35 bits per heavy atom. The minimum absolute atomic E-state index is 0.231. The Labute approximate surface area is 100 Å². The molecule has 0 aliphatic rings. The fourth-order valence-electron chi connectivity index (χ4n) is 1.13. The van der Waals surface area contributed by atoms with Gasteiger partial charge in [-0.3, -0.25) is 0 Å². The molecule has 0 saturated heterocycles. The number of carbonyl (C=O) groups is 1. The van der Waals surface area contributed by atoms with Gasteiger partial charge in [-0.2, -0.15) is 0 Å². The molecular formula is C12H16N2O3. The second kappa shape index (κ2) is 6.52. The smallest absolute Gasteiger partial charge is 0.347 e. The summed E-state index contributed by atoms with van der Waals surface area (Å²) < 4.78 is 4.67. The molecule has 0 radical (unpaired) electrons. The van der Waals surface area contributed by atoms with Crippen molar-refractivity contribution in [3.05, 3.63) is 35.4 Å². The van der Waals surface area contributed by atoms with Crippen molar-refractivity contribution in [3.8, 4) is 0 Å². The summed E-state index contributed by atoms with van der Waals surface area (Å²) in [6.45, 7) is 3.79. The molecule has 0 aliphatic carbocycles. The molecule has 0 aliphatic heterocycles. The van der Waals surface area contributed by atoms with E-state index in [-0.39, 0.29) is 12.4 Å². The number of oxime groups is 1. The molecule has 0 unspecified atom stereocenters. The number of hydrogen-bond donors (Lipinski definition) is 1. The predicted molar refractivity (Wildman–Crippen MR) is 64.5 cm³/mol. The number of esters is 1. The maximum Gasteiger partial charge on any atom is 0.347 e. The van der Waals surface area contributed by atoms with Crippen LogP contribution in [0.5, 0.6) is 0 Å². The van der Waals surface area contributed by atoms with Crippen molar-refractivity contribution in [2.75, 3.05) is 13.2 Å². The number of rotatable bonds is 5. The number of aryl methyl sites for hydroxylation is 1. The van der Waals surface area contributed by atoms with Gasteiger partial charge in [0, 0.05) is 5.56 Å². The molecule has 0 heterocycles. The summed E-state index contributed by atoms with van der Waals surface area (Å²) in [5.41, 5.74) is 7.56. The van der Waals surface area contributed by atoms with Crippen molar-refractivity contribution in [3.63, 3.8) is 0 Å². The fraction of sp³-hybridized carbons (Fsp3) is 0.333. The van der Waals surface area contributed by atoms with Crippen molar-refractivity contribution < 1.29 is 14.4 Å². The maximum absolute atomic E-state index is 10.9. The molecule has 17 heavy (non-hydrogen) atoms. The van der Waals surface area contributed by atoms with E-state index in [4.69, 9.17) is 10.6 Å². The first-order valence-electron chi connectivity index (χ1n) is 5.31. The Bertz CT molecular complexity index is 399. The van der Waals surface area contributed by atoms with Crippen LogP contribution in [-0.2, 0) is 14.4 Å². The number of amidine groups is 1. The average Bonchev–Trinajstić information content (AvgIpc) is 2.30. The van der Waals surface area contributed by atoms with E-state index in [0.717, 1.165) is 11.1 Å². The molecule has 92 valence electrons. The predicted octanol–water partition coefficient (Wildman–Crippen LogP) is 1.20. The van der Waals surface area contributed by atoms with Crippen LogP contribution in [-0.4, -0.2) is 25.0 Å². The van der Waals surface area contributed by atoms with Crippen LogP contribution in [0.25, 0.3) is 0 Å². The lowest BCUT2D eigenvalue weighted by Crippen LogP contribution is -2.16. The molecule has 0 atom stereocenters. The van der Waals surface area contributed by atoms with Gasteiger partial charge in [0.1, 0.15) is 0 Å². The Kier molecular flexibility index (Phi) is 5.00. The van der Waals surface area contributed by atoms with Crippen LogP contribution in [0.3, 0.4) is 0 Å². The van der Waals surface area contributed by atoms with Gasteiger partial charge in [0.15, 0.2) is 5.84 Å². The average molecular weight is 236 g/mol. The zero-order valence-corrected chi connectivity index (χ0v) is 9.97. The largest absolute Gasteiger partial charge is 0.463 e. The van der Waals surface area contributed by atoms with Gasteiger partial charge < -0.3 is 15.3 Å². The molecule has 0 spiro atoms. The molecule has 0 amide bonds. The third-order valence-corrected chi connectivity index (χ3v) is 2.00. The molecular weight excluding hydrogens is 220 g/mol. The van der Waals surface area contributed by atoms with E-state index in [2.05, 4.69) is 9.89 Å². The number of hydrogen-bond acceptors (Lipinski definition) is 4. The molecule has 1 aromatic carbocycles. The van der Waals surface area contributed by atoms with E-state index < -0.39 is 5.97 Å². The van der Waals surface area contributed by atoms with Crippen molar-refractivity contribution in [2.24, 2.45) is 10.9 Å². The van der Waals surface area contributed by atoms with Gasteiger partial charge in [-0.25, -0.2) is 4.79 Å². The lowest BCUT2D eigenvalue weighted by molar-refractivity contribution is -0.148. The highest BCUT2D eigenvalue weighted by Crippen LogP contribution is 2.02. The second-order valence-electron chi connectivity index (χ2n) is 3.42. The summed E-state index contributed by atoms with van der Waals surface area (Å²) in [6, 6.07) is 7.51. The van der Waals surface area contributed by atoms with Gasteiger partial charge in [-0.15, -0.1) is 0 Å². The quantitative estimate of drug-likeness (QED) is 0.361. The SMILES string of the molecule is CCOC(=O)CO/N=C(\N)c1ccc(C)cc1. The summed E-state index contributed by atoms with van der Waals surface area (Å²) in [6.07, 6.45) is 0. The monoisotopic (exact) mass is 236 g/mol. The van der Waals surface area contributed by atoms with Crippen LogP contribution < -0.4 is 5.73 Å². The van der Waals surface area contributed by atoms with Crippen LogP contribution in [0.4, 0.5) is 0 Å². The summed E-state index contributed by atoms with van der Waals surface area (Å²) in [4.78, 5) is 15.7. The molecule has 5 heteroatoms. The van der Waals surface area contributed by atoms with E-state index in [0.29, 0.717) is 6.61 Å². The number of nitrogens with two attached hydrogens (primary N) is 1. The van der Waals surface area contributed by atoms with Crippen molar-refractivity contribution in [2.45, 2.75) is 13.8 Å². The van der Waals surface area contributed by atoms with Crippen LogP contribution in [0, 0.1) is 6.92 Å².